The van der Waals surface area contributed by atoms with Gasteiger partial charge in [-0.05, 0) is 192 Å². The van der Waals surface area contributed by atoms with E-state index in [0.29, 0.717) is 0 Å². The van der Waals surface area contributed by atoms with Gasteiger partial charge in [0.15, 0.2) is 0 Å². The van der Waals surface area contributed by atoms with Crippen LogP contribution in [-0.2, 0) is 27.1 Å². The molecule has 0 N–H and O–H groups in total. The normalized spacial score (nSPS) is 19.0. The highest BCUT2D eigenvalue weighted by Crippen LogP contribution is 2.67. The second kappa shape index (κ2) is 18.9. The van der Waals surface area contributed by atoms with Gasteiger partial charge in [-0.3, -0.25) is 0 Å². The van der Waals surface area contributed by atoms with Gasteiger partial charge in [-0.15, -0.1) is 0 Å². The number of hydrogen-bond acceptors (Lipinski definition) is 4. The van der Waals surface area contributed by atoms with E-state index in [-0.39, 0.29) is 45.1 Å². The minimum Gasteiger partial charge on any atom is -0.456 e. The number of para-hydroxylation sites is 1. The van der Waals surface area contributed by atoms with Gasteiger partial charge in [-0.1, -0.05) is 200 Å². The van der Waals surface area contributed by atoms with Crippen LogP contribution in [0.4, 0.5) is 51.2 Å². The summed E-state index contributed by atoms with van der Waals surface area (Å²) in [4.78, 5) is 7.66. The lowest BCUT2D eigenvalue weighted by molar-refractivity contribution is 0.0926. The molecule has 4 nitrogen and oxygen atoms in total. The van der Waals surface area contributed by atoms with Gasteiger partial charge in [0.1, 0.15) is 11.2 Å². The third-order valence-corrected chi connectivity index (χ3v) is 20.5. The number of fused-ring (bicyclic) bond motifs is 10. The van der Waals surface area contributed by atoms with Crippen molar-refractivity contribution in [3.63, 3.8) is 0 Å². The summed E-state index contributed by atoms with van der Waals surface area (Å²) in [5.74, 6) is 0.191. The van der Waals surface area contributed by atoms with Gasteiger partial charge in [0.05, 0.1) is 0 Å². The van der Waals surface area contributed by atoms with Crippen LogP contribution < -0.4 is 31.1 Å². The van der Waals surface area contributed by atoms with E-state index in [4.69, 9.17) is 4.42 Å². The molecule has 9 aromatic carbocycles. The van der Waals surface area contributed by atoms with E-state index in [2.05, 4.69) is 300 Å². The van der Waals surface area contributed by atoms with E-state index in [1.807, 2.05) is 0 Å². The lowest BCUT2D eigenvalue weighted by Crippen LogP contribution is -2.62. The number of furan rings is 1. The van der Waals surface area contributed by atoms with E-state index >= 15 is 0 Å². The zero-order valence-corrected chi connectivity index (χ0v) is 52.1. The summed E-state index contributed by atoms with van der Waals surface area (Å²) >= 11 is 0. The van der Waals surface area contributed by atoms with Crippen molar-refractivity contribution in [2.24, 2.45) is 5.41 Å². The van der Waals surface area contributed by atoms with Gasteiger partial charge in [-0.2, -0.15) is 0 Å². The Morgan fingerprint density at radius 3 is 1.49 bits per heavy atom. The summed E-state index contributed by atoms with van der Waals surface area (Å²) in [6.07, 6.45) is 4.86. The number of anilines is 9. The highest BCUT2D eigenvalue weighted by molar-refractivity contribution is 6.99. The third-order valence-electron chi connectivity index (χ3n) is 20.5. The number of rotatable bonds is 7. The molecule has 3 atom stereocenters. The molecule has 4 aliphatic rings. The van der Waals surface area contributed by atoms with Crippen LogP contribution in [0.25, 0.3) is 21.9 Å². The number of hydrogen-bond donors (Lipinski definition) is 0. The molecule has 0 radical (unpaired) electrons. The molecule has 1 aromatic heterocycles. The van der Waals surface area contributed by atoms with Crippen LogP contribution in [0.5, 0.6) is 0 Å². The van der Waals surface area contributed by atoms with E-state index < -0.39 is 0 Å². The second-order valence-corrected chi connectivity index (χ2v) is 29.8. The zero-order chi connectivity index (χ0) is 58.6. The van der Waals surface area contributed by atoms with Crippen molar-refractivity contribution in [1.82, 2.24) is 0 Å². The van der Waals surface area contributed by atoms with Crippen molar-refractivity contribution in [3.8, 4) is 0 Å². The molecule has 0 saturated heterocycles. The maximum atomic E-state index is 6.82. The average molecular weight is 1100 g/mol. The molecule has 1 fully saturated rings. The van der Waals surface area contributed by atoms with Crippen LogP contribution in [0.2, 0.25) is 0 Å². The van der Waals surface area contributed by atoms with Crippen molar-refractivity contribution in [1.29, 1.82) is 0 Å². The summed E-state index contributed by atoms with van der Waals surface area (Å²) in [5, 5.41) is 2.26. The van der Waals surface area contributed by atoms with E-state index in [9.17, 15) is 0 Å². The topological polar surface area (TPSA) is 22.9 Å². The standard InChI is InChI=1S/C79H82BN3O/c1-74(2,3)50-24-32-54(33-25-50)81(55-34-26-51(27-35-55)75(4,5)6)58-41-43-67-66(47-58)80-65-22-19-21-64-71(65)72(79(14)45-18-17-44-78(64,79)13)63-46-60(48-68(73(63)80)83(67)59-40-42-62-61-20-15-16-23-69(61)84-70(62)49-59)82(56-36-28-52(29-37-56)76(7,8)9)57-38-30-53(31-39-57)77(10,11)12/h15-16,19-43,46-49,72H,17-18,44-45H2,1-14H3. The molecule has 10 aromatic rings. The Balaban J connectivity index is 1.07. The molecule has 5 heteroatoms. The summed E-state index contributed by atoms with van der Waals surface area (Å²) in [5.41, 5.74) is 26.3. The Labute approximate surface area is 500 Å². The van der Waals surface area contributed by atoms with Gasteiger partial charge < -0.3 is 19.1 Å². The van der Waals surface area contributed by atoms with Crippen LogP contribution in [0, 0.1) is 5.41 Å². The molecule has 422 valence electrons. The minimum atomic E-state index is -0.0392. The molecule has 14 rings (SSSR count). The Hall–Kier alpha value is -7.76. The monoisotopic (exact) mass is 1100 g/mol. The van der Waals surface area contributed by atoms with Crippen LogP contribution in [-0.4, -0.2) is 6.71 Å². The molecule has 0 bridgehead atoms. The third kappa shape index (κ3) is 8.44. The van der Waals surface area contributed by atoms with Crippen molar-refractivity contribution < 1.29 is 4.42 Å². The van der Waals surface area contributed by atoms with Crippen molar-refractivity contribution in [3.05, 3.63) is 227 Å². The largest absolute Gasteiger partial charge is 0.456 e. The van der Waals surface area contributed by atoms with Crippen LogP contribution in [0.1, 0.15) is 167 Å². The maximum Gasteiger partial charge on any atom is 0.247 e. The van der Waals surface area contributed by atoms with E-state index in [0.717, 1.165) is 56.1 Å². The Bertz CT molecular complexity index is 4100. The van der Waals surface area contributed by atoms with Gasteiger partial charge in [-0.25, -0.2) is 0 Å². The van der Waals surface area contributed by atoms with E-state index in [1.54, 1.807) is 11.1 Å². The fraction of sp³-hybridized carbons (Fsp3) is 0.316. The van der Waals surface area contributed by atoms with Crippen molar-refractivity contribution in [2.45, 2.75) is 156 Å². The lowest BCUT2D eigenvalue weighted by atomic mass is 9.30. The molecule has 2 aliphatic carbocycles. The van der Waals surface area contributed by atoms with Crippen LogP contribution in [0.3, 0.4) is 0 Å². The first-order valence-corrected chi connectivity index (χ1v) is 31.1. The predicted molar refractivity (Wildman–Crippen MR) is 359 cm³/mol. The lowest BCUT2D eigenvalue weighted by Gasteiger charge is -2.51. The highest BCUT2D eigenvalue weighted by Gasteiger charge is 2.62. The zero-order valence-electron chi connectivity index (χ0n) is 52.1. The first-order chi connectivity index (χ1) is 39.9. The molecule has 1 saturated carbocycles. The molecule has 3 heterocycles. The Morgan fingerprint density at radius 1 is 0.440 bits per heavy atom. The average Bonchev–Trinajstić information content (AvgIpc) is 2.09. The molecule has 3 unspecified atom stereocenters. The quantitative estimate of drug-likeness (QED) is 0.148. The molecule has 0 amide bonds. The smallest absolute Gasteiger partial charge is 0.247 e. The summed E-state index contributed by atoms with van der Waals surface area (Å²) in [6, 6.07) is 73.0. The molecule has 0 spiro atoms. The SMILES string of the molecule is CC(C)(C)c1ccc(N(c2ccc(C(C)(C)C)cc2)c2ccc3c(c2)B2c4cccc5c4C(c4cc(N(c6ccc(C(C)(C)C)cc6)c6ccc(C(C)(C)C)cc6)cc(c42)N3c2ccc3c(c2)oc2ccccc23)C2(C)CCCCC52C)cc1. The minimum absolute atomic E-state index is 0.00876. The number of benzene rings is 9. The molecule has 2 aliphatic heterocycles. The van der Waals surface area contributed by atoms with Crippen molar-refractivity contribution >= 4 is 96.2 Å². The number of nitrogens with zero attached hydrogens (tertiary/aromatic N) is 3. The molecular weight excluding hydrogens is 1020 g/mol. The summed E-state index contributed by atoms with van der Waals surface area (Å²) in [7, 11) is 0. The van der Waals surface area contributed by atoms with Gasteiger partial charge in [0.2, 0.25) is 6.71 Å². The van der Waals surface area contributed by atoms with Gasteiger partial charge in [0.25, 0.3) is 0 Å². The molecule has 84 heavy (non-hydrogen) atoms. The van der Waals surface area contributed by atoms with Crippen LogP contribution >= 0.6 is 0 Å². The fourth-order valence-corrected chi connectivity index (χ4v) is 15.6. The first kappa shape index (κ1) is 54.2. The Morgan fingerprint density at radius 2 is 0.940 bits per heavy atom. The van der Waals surface area contributed by atoms with E-state index in [1.165, 1.54) is 87.0 Å². The summed E-state index contributed by atoms with van der Waals surface area (Å²) in [6.45, 7) is 33.0. The molecular formula is C79H82BN3O. The predicted octanol–water partition coefficient (Wildman–Crippen LogP) is 20.3. The highest BCUT2D eigenvalue weighted by atomic mass is 16.3. The van der Waals surface area contributed by atoms with Gasteiger partial charge >= 0.3 is 0 Å². The van der Waals surface area contributed by atoms with Gasteiger partial charge in [0, 0.05) is 73.9 Å². The first-order valence-electron chi connectivity index (χ1n) is 31.1. The Kier molecular flexibility index (Phi) is 12.2. The van der Waals surface area contributed by atoms with Crippen LogP contribution in [0.15, 0.2) is 192 Å². The maximum absolute atomic E-state index is 6.82. The van der Waals surface area contributed by atoms with Crippen molar-refractivity contribution in [2.75, 3.05) is 14.7 Å². The fourth-order valence-electron chi connectivity index (χ4n) is 15.6. The summed E-state index contributed by atoms with van der Waals surface area (Å²) < 4.78 is 6.82. The second-order valence-electron chi connectivity index (χ2n) is 29.8.